The van der Waals surface area contributed by atoms with E-state index in [1.54, 1.807) is 0 Å². The first kappa shape index (κ1) is 30.4. The fourth-order valence-electron chi connectivity index (χ4n) is 6.68. The second kappa shape index (κ2) is 13.0. The Bertz CT molecular complexity index is 2600. The lowest BCUT2D eigenvalue weighted by Crippen LogP contribution is -2.00. The van der Waals surface area contributed by atoms with Crippen LogP contribution in [0.4, 0.5) is 0 Å². The standard InChI is InChI=1S/C45H29BrN3P/c46-37-22-23-38-41(28-37)50-40-21-11-20-39(42(38)40)45-48-43(31-16-8-3-9-17-31)47-44(49-45)33-19-10-18-32(24-33)36-26-34(29-12-4-1-5-13-29)25-35(27-36)30-14-6-2-7-15-30/h1-28,50H. The predicted molar refractivity (Wildman–Crippen MR) is 215 cm³/mol. The van der Waals surface area contributed by atoms with Crippen molar-refractivity contribution in [1.82, 2.24) is 15.0 Å². The van der Waals surface area contributed by atoms with Crippen LogP contribution in [0.3, 0.4) is 0 Å². The number of hydrogen-bond donors (Lipinski definition) is 0. The normalized spacial score (nSPS) is 11.5. The number of fused-ring (bicyclic) bond motifs is 3. The van der Waals surface area contributed by atoms with E-state index in [1.807, 2.05) is 18.2 Å². The van der Waals surface area contributed by atoms with Crippen molar-refractivity contribution in [3.8, 4) is 67.5 Å². The summed E-state index contributed by atoms with van der Waals surface area (Å²) in [7, 11) is 0.586. The third-order valence-electron chi connectivity index (χ3n) is 9.09. The summed E-state index contributed by atoms with van der Waals surface area (Å²) >= 11 is 3.67. The van der Waals surface area contributed by atoms with Crippen molar-refractivity contribution in [1.29, 1.82) is 0 Å². The minimum atomic E-state index is 0.586. The molecule has 1 unspecified atom stereocenters. The molecule has 0 amide bonds. The van der Waals surface area contributed by atoms with Crippen molar-refractivity contribution in [2.45, 2.75) is 0 Å². The largest absolute Gasteiger partial charge is 0.208 e. The summed E-state index contributed by atoms with van der Waals surface area (Å²) in [4.78, 5) is 15.4. The molecule has 9 rings (SSSR count). The van der Waals surface area contributed by atoms with Gasteiger partial charge in [0.05, 0.1) is 0 Å². The van der Waals surface area contributed by atoms with Crippen LogP contribution in [0.25, 0.3) is 88.6 Å². The number of halogens is 1. The van der Waals surface area contributed by atoms with E-state index in [0.717, 1.165) is 32.3 Å². The van der Waals surface area contributed by atoms with Crippen LogP contribution in [-0.4, -0.2) is 15.0 Å². The topological polar surface area (TPSA) is 38.7 Å². The molecule has 0 spiro atoms. The molecule has 0 aliphatic carbocycles. The van der Waals surface area contributed by atoms with E-state index in [0.29, 0.717) is 25.7 Å². The number of hydrogen-bond acceptors (Lipinski definition) is 3. The Morgan fingerprint density at radius 2 is 0.860 bits per heavy atom. The van der Waals surface area contributed by atoms with Crippen LogP contribution < -0.4 is 0 Å². The van der Waals surface area contributed by atoms with Crippen molar-refractivity contribution < 1.29 is 0 Å². The molecule has 50 heavy (non-hydrogen) atoms. The monoisotopic (exact) mass is 721 g/mol. The summed E-state index contributed by atoms with van der Waals surface area (Å²) in [6.45, 7) is 0. The van der Waals surface area contributed by atoms with Crippen molar-refractivity contribution in [3.63, 3.8) is 0 Å². The molecule has 0 radical (unpaired) electrons. The number of nitrogens with zero attached hydrogens (tertiary/aromatic N) is 3. The molecule has 7 aromatic carbocycles. The molecule has 9 aromatic rings. The minimum absolute atomic E-state index is 0.586. The minimum Gasteiger partial charge on any atom is -0.208 e. The highest BCUT2D eigenvalue weighted by atomic mass is 79.9. The number of benzene rings is 7. The zero-order valence-corrected chi connectivity index (χ0v) is 29.5. The van der Waals surface area contributed by atoms with Crippen molar-refractivity contribution in [3.05, 3.63) is 174 Å². The van der Waals surface area contributed by atoms with Gasteiger partial charge in [-0.15, -0.1) is 8.19 Å². The molecule has 2 aromatic heterocycles. The Morgan fingerprint density at radius 3 is 1.52 bits per heavy atom. The number of aromatic nitrogens is 3. The van der Waals surface area contributed by atoms with Gasteiger partial charge in [-0.3, -0.25) is 0 Å². The van der Waals surface area contributed by atoms with E-state index < -0.39 is 0 Å². The van der Waals surface area contributed by atoms with E-state index >= 15 is 0 Å². The lowest BCUT2D eigenvalue weighted by atomic mass is 9.93. The molecule has 2 heterocycles. The molecular weight excluding hydrogens is 693 g/mol. The summed E-state index contributed by atoms with van der Waals surface area (Å²) in [5, 5.41) is 5.10. The van der Waals surface area contributed by atoms with Crippen molar-refractivity contribution in [2.24, 2.45) is 0 Å². The van der Waals surface area contributed by atoms with Gasteiger partial charge in [-0.1, -0.05) is 149 Å². The highest BCUT2D eigenvalue weighted by Crippen LogP contribution is 2.43. The third-order valence-corrected chi connectivity index (χ3v) is 11.0. The van der Waals surface area contributed by atoms with Gasteiger partial charge in [0.25, 0.3) is 0 Å². The SMILES string of the molecule is Brc1ccc2c(c1)[pH]c1cccc(-c3nc(-c4ccccc4)nc(-c4cccc(-c5cc(-c6ccccc6)cc(-c6ccccc6)c5)c4)n3)c12. The van der Waals surface area contributed by atoms with Crippen LogP contribution in [0, 0.1) is 0 Å². The molecule has 0 bridgehead atoms. The second-order valence-electron chi connectivity index (χ2n) is 12.3. The fraction of sp³-hybridized carbons (Fsp3) is 0. The lowest BCUT2D eigenvalue weighted by Gasteiger charge is -2.13. The Hall–Kier alpha value is -5.67. The zero-order chi connectivity index (χ0) is 33.4. The van der Waals surface area contributed by atoms with Crippen LogP contribution in [-0.2, 0) is 0 Å². The van der Waals surface area contributed by atoms with Crippen LogP contribution in [0.1, 0.15) is 0 Å². The maximum absolute atomic E-state index is 5.20. The van der Waals surface area contributed by atoms with Gasteiger partial charge in [-0.05, 0) is 75.2 Å². The van der Waals surface area contributed by atoms with E-state index in [2.05, 4.69) is 168 Å². The molecule has 5 heteroatoms. The average molecular weight is 723 g/mol. The summed E-state index contributed by atoms with van der Waals surface area (Å²) < 4.78 is 1.09. The van der Waals surface area contributed by atoms with Crippen LogP contribution in [0.2, 0.25) is 0 Å². The zero-order valence-electron chi connectivity index (χ0n) is 26.9. The molecular formula is C45H29BrN3P. The fourth-order valence-corrected chi connectivity index (χ4v) is 8.69. The van der Waals surface area contributed by atoms with E-state index in [4.69, 9.17) is 15.0 Å². The third kappa shape index (κ3) is 5.83. The highest BCUT2D eigenvalue weighted by molar-refractivity contribution is 9.10. The van der Waals surface area contributed by atoms with Gasteiger partial charge in [0.1, 0.15) is 0 Å². The molecule has 3 nitrogen and oxygen atoms in total. The molecule has 0 saturated heterocycles. The average Bonchev–Trinajstić information content (AvgIpc) is 3.56. The van der Waals surface area contributed by atoms with E-state index in [1.165, 1.54) is 43.3 Å². The summed E-state index contributed by atoms with van der Waals surface area (Å²) in [6.07, 6.45) is 0. The van der Waals surface area contributed by atoms with Crippen molar-refractivity contribution >= 4 is 45.1 Å². The maximum Gasteiger partial charge on any atom is 0.164 e. The van der Waals surface area contributed by atoms with Crippen molar-refractivity contribution in [2.75, 3.05) is 0 Å². The van der Waals surface area contributed by atoms with Gasteiger partial charge in [-0.2, -0.15) is 0 Å². The van der Waals surface area contributed by atoms with Gasteiger partial charge < -0.3 is 0 Å². The molecule has 0 aliphatic heterocycles. The first-order valence-corrected chi connectivity index (χ1v) is 18.3. The van der Waals surface area contributed by atoms with E-state index in [-0.39, 0.29) is 0 Å². The first-order valence-electron chi connectivity index (χ1n) is 16.5. The molecule has 0 saturated carbocycles. The van der Waals surface area contributed by atoms with Gasteiger partial charge in [0, 0.05) is 36.8 Å². The highest BCUT2D eigenvalue weighted by Gasteiger charge is 2.17. The van der Waals surface area contributed by atoms with Crippen LogP contribution in [0.5, 0.6) is 0 Å². The van der Waals surface area contributed by atoms with Crippen LogP contribution in [0.15, 0.2) is 174 Å². The molecule has 1 atom stereocenters. The van der Waals surface area contributed by atoms with E-state index in [9.17, 15) is 0 Å². The first-order chi connectivity index (χ1) is 24.7. The quantitative estimate of drug-likeness (QED) is 0.172. The maximum atomic E-state index is 5.20. The Balaban J connectivity index is 1.22. The molecule has 236 valence electrons. The predicted octanol–water partition coefficient (Wildman–Crippen LogP) is 13.0. The van der Waals surface area contributed by atoms with Gasteiger partial charge in [0.2, 0.25) is 0 Å². The smallest absolute Gasteiger partial charge is 0.164 e. The number of rotatable bonds is 6. The van der Waals surface area contributed by atoms with Gasteiger partial charge >= 0.3 is 0 Å². The summed E-state index contributed by atoms with van der Waals surface area (Å²) in [6, 6.07) is 59.8. The molecule has 0 fully saturated rings. The van der Waals surface area contributed by atoms with Gasteiger partial charge in [0.15, 0.2) is 17.5 Å². The lowest BCUT2D eigenvalue weighted by molar-refractivity contribution is 1.08. The second-order valence-corrected chi connectivity index (χ2v) is 14.6. The Morgan fingerprint density at radius 1 is 0.360 bits per heavy atom. The van der Waals surface area contributed by atoms with Crippen LogP contribution >= 0.6 is 24.1 Å². The summed E-state index contributed by atoms with van der Waals surface area (Å²) in [5.74, 6) is 1.98. The Kier molecular flexibility index (Phi) is 7.89. The Labute approximate surface area is 300 Å². The molecule has 0 N–H and O–H groups in total. The van der Waals surface area contributed by atoms with Gasteiger partial charge in [-0.25, -0.2) is 15.0 Å². The summed E-state index contributed by atoms with van der Waals surface area (Å²) in [5.41, 5.74) is 9.86. The molecule has 0 aliphatic rings.